The lowest BCUT2D eigenvalue weighted by Gasteiger charge is -1.94. The molecule has 0 unspecified atom stereocenters. The fourth-order valence-electron chi connectivity index (χ4n) is 0.829. The normalized spacial score (nSPS) is 10.8. The summed E-state index contributed by atoms with van der Waals surface area (Å²) in [6.07, 6.45) is 6.46. The molecular formula is C9H11ClN2. The smallest absolute Gasteiger partial charge is 0.136 e. The van der Waals surface area contributed by atoms with Gasteiger partial charge in [-0.05, 0) is 19.0 Å². The van der Waals surface area contributed by atoms with E-state index in [4.69, 9.17) is 17.3 Å². The zero-order chi connectivity index (χ0) is 8.81. The SMILES string of the molecule is NCCC=Cc1cccnc1Cl. The molecule has 0 bridgehead atoms. The summed E-state index contributed by atoms with van der Waals surface area (Å²) in [5, 5.41) is 0.533. The predicted molar refractivity (Wildman–Crippen MR) is 52.0 cm³/mol. The molecule has 0 atom stereocenters. The second-order valence-electron chi connectivity index (χ2n) is 2.36. The molecule has 3 heteroatoms. The third-order valence-corrected chi connectivity index (χ3v) is 1.73. The molecule has 0 saturated carbocycles. The van der Waals surface area contributed by atoms with Crippen LogP contribution in [0.25, 0.3) is 6.08 Å². The lowest BCUT2D eigenvalue weighted by Crippen LogP contribution is -1.95. The minimum Gasteiger partial charge on any atom is -0.330 e. The van der Waals surface area contributed by atoms with Crippen molar-refractivity contribution in [2.75, 3.05) is 6.54 Å². The Bertz CT molecular complexity index is 271. The lowest BCUT2D eigenvalue weighted by atomic mass is 10.2. The zero-order valence-corrected chi connectivity index (χ0v) is 7.46. The Morgan fingerprint density at radius 1 is 1.58 bits per heavy atom. The summed E-state index contributed by atoms with van der Waals surface area (Å²) in [5.74, 6) is 0. The average molecular weight is 183 g/mol. The Kier molecular flexibility index (Phi) is 3.77. The van der Waals surface area contributed by atoms with Gasteiger partial charge in [0.2, 0.25) is 0 Å². The third-order valence-electron chi connectivity index (χ3n) is 1.42. The molecule has 1 heterocycles. The van der Waals surface area contributed by atoms with Gasteiger partial charge in [-0.25, -0.2) is 4.98 Å². The van der Waals surface area contributed by atoms with E-state index in [0.717, 1.165) is 12.0 Å². The molecule has 0 fully saturated rings. The van der Waals surface area contributed by atoms with Gasteiger partial charge in [0.25, 0.3) is 0 Å². The van der Waals surface area contributed by atoms with E-state index >= 15 is 0 Å². The van der Waals surface area contributed by atoms with Gasteiger partial charge >= 0.3 is 0 Å². The molecule has 64 valence electrons. The molecule has 1 rings (SSSR count). The number of pyridine rings is 1. The summed E-state index contributed by atoms with van der Waals surface area (Å²) in [6.45, 7) is 0.661. The molecule has 1 aromatic heterocycles. The Morgan fingerprint density at radius 2 is 2.42 bits per heavy atom. The molecule has 0 radical (unpaired) electrons. The van der Waals surface area contributed by atoms with Gasteiger partial charge in [0.05, 0.1) is 0 Å². The predicted octanol–water partition coefficient (Wildman–Crippen LogP) is 2.10. The molecule has 2 nitrogen and oxygen atoms in total. The van der Waals surface area contributed by atoms with Crippen molar-refractivity contribution in [1.29, 1.82) is 0 Å². The van der Waals surface area contributed by atoms with Crippen LogP contribution in [0.2, 0.25) is 5.15 Å². The highest BCUT2D eigenvalue weighted by Crippen LogP contribution is 2.12. The summed E-state index contributed by atoms with van der Waals surface area (Å²) in [4.78, 5) is 3.94. The van der Waals surface area contributed by atoms with E-state index in [-0.39, 0.29) is 0 Å². The van der Waals surface area contributed by atoms with E-state index in [2.05, 4.69) is 4.98 Å². The molecule has 0 aromatic carbocycles. The molecule has 0 amide bonds. The fourth-order valence-corrected chi connectivity index (χ4v) is 1.01. The van der Waals surface area contributed by atoms with Gasteiger partial charge < -0.3 is 5.73 Å². The number of hydrogen-bond acceptors (Lipinski definition) is 2. The molecule has 0 spiro atoms. The van der Waals surface area contributed by atoms with Crippen molar-refractivity contribution in [1.82, 2.24) is 4.98 Å². The number of aromatic nitrogens is 1. The van der Waals surface area contributed by atoms with Gasteiger partial charge in [0.1, 0.15) is 5.15 Å². The largest absolute Gasteiger partial charge is 0.330 e. The topological polar surface area (TPSA) is 38.9 Å². The van der Waals surface area contributed by atoms with Crippen molar-refractivity contribution in [2.24, 2.45) is 5.73 Å². The molecule has 12 heavy (non-hydrogen) atoms. The van der Waals surface area contributed by atoms with Gasteiger partial charge in [-0.3, -0.25) is 0 Å². The first-order valence-corrected chi connectivity index (χ1v) is 4.19. The monoisotopic (exact) mass is 182 g/mol. The molecule has 0 aliphatic heterocycles. The van der Waals surface area contributed by atoms with Crippen molar-refractivity contribution in [3.63, 3.8) is 0 Å². The van der Waals surface area contributed by atoms with E-state index in [0.29, 0.717) is 11.7 Å². The summed E-state index contributed by atoms with van der Waals surface area (Å²) >= 11 is 5.81. The second kappa shape index (κ2) is 4.91. The van der Waals surface area contributed by atoms with Crippen LogP contribution in [-0.4, -0.2) is 11.5 Å². The van der Waals surface area contributed by atoms with Crippen molar-refractivity contribution < 1.29 is 0 Å². The van der Waals surface area contributed by atoms with Crippen molar-refractivity contribution >= 4 is 17.7 Å². The van der Waals surface area contributed by atoms with Crippen LogP contribution >= 0.6 is 11.6 Å². The summed E-state index contributed by atoms with van der Waals surface area (Å²) < 4.78 is 0. The van der Waals surface area contributed by atoms with Gasteiger partial charge in [-0.1, -0.05) is 29.8 Å². The van der Waals surface area contributed by atoms with Gasteiger partial charge in [0, 0.05) is 11.8 Å². The van der Waals surface area contributed by atoms with Crippen LogP contribution in [0.15, 0.2) is 24.4 Å². The molecule has 0 aliphatic carbocycles. The summed E-state index contributed by atoms with van der Waals surface area (Å²) in [7, 11) is 0. The Labute approximate surface area is 77.1 Å². The van der Waals surface area contributed by atoms with E-state index in [1.807, 2.05) is 24.3 Å². The van der Waals surface area contributed by atoms with Gasteiger partial charge in [-0.2, -0.15) is 0 Å². The number of rotatable bonds is 3. The van der Waals surface area contributed by atoms with Crippen LogP contribution in [0.4, 0.5) is 0 Å². The van der Waals surface area contributed by atoms with Gasteiger partial charge in [-0.15, -0.1) is 0 Å². The van der Waals surface area contributed by atoms with Gasteiger partial charge in [0.15, 0.2) is 0 Å². The zero-order valence-electron chi connectivity index (χ0n) is 6.70. The Balaban J connectivity index is 2.68. The van der Waals surface area contributed by atoms with Crippen LogP contribution in [0.5, 0.6) is 0 Å². The van der Waals surface area contributed by atoms with Crippen LogP contribution < -0.4 is 5.73 Å². The number of nitrogens with two attached hydrogens (primary N) is 1. The Hall–Kier alpha value is -0.860. The highest BCUT2D eigenvalue weighted by Gasteiger charge is 1.93. The van der Waals surface area contributed by atoms with Crippen molar-refractivity contribution in [3.05, 3.63) is 35.1 Å². The lowest BCUT2D eigenvalue weighted by molar-refractivity contribution is 1.01. The molecular weight excluding hydrogens is 172 g/mol. The van der Waals surface area contributed by atoms with E-state index in [1.54, 1.807) is 6.20 Å². The highest BCUT2D eigenvalue weighted by molar-refractivity contribution is 6.30. The highest BCUT2D eigenvalue weighted by atomic mass is 35.5. The van der Waals surface area contributed by atoms with Crippen molar-refractivity contribution in [3.8, 4) is 0 Å². The third kappa shape index (κ3) is 2.64. The molecule has 0 saturated heterocycles. The minimum absolute atomic E-state index is 0.533. The fraction of sp³-hybridized carbons (Fsp3) is 0.222. The summed E-state index contributed by atoms with van der Waals surface area (Å²) in [5.41, 5.74) is 6.27. The molecule has 1 aromatic rings. The first-order valence-electron chi connectivity index (χ1n) is 3.81. The van der Waals surface area contributed by atoms with E-state index < -0.39 is 0 Å². The van der Waals surface area contributed by atoms with Crippen LogP contribution in [-0.2, 0) is 0 Å². The van der Waals surface area contributed by atoms with Crippen LogP contribution in [0, 0.1) is 0 Å². The molecule has 2 N–H and O–H groups in total. The number of halogens is 1. The Morgan fingerprint density at radius 3 is 3.08 bits per heavy atom. The molecule has 0 aliphatic rings. The maximum absolute atomic E-state index is 5.81. The minimum atomic E-state index is 0.533. The number of nitrogens with zero attached hydrogens (tertiary/aromatic N) is 1. The first-order chi connectivity index (χ1) is 5.84. The van der Waals surface area contributed by atoms with E-state index in [1.165, 1.54) is 0 Å². The average Bonchev–Trinajstić information content (AvgIpc) is 2.09. The maximum Gasteiger partial charge on any atom is 0.136 e. The van der Waals surface area contributed by atoms with Crippen molar-refractivity contribution in [2.45, 2.75) is 6.42 Å². The first kappa shape index (κ1) is 9.23. The van der Waals surface area contributed by atoms with E-state index in [9.17, 15) is 0 Å². The second-order valence-corrected chi connectivity index (χ2v) is 2.72. The standard InChI is InChI=1S/C9H11ClN2/c10-9-8(4-1-2-6-11)5-3-7-12-9/h1,3-5,7H,2,6,11H2. The maximum atomic E-state index is 5.81. The van der Waals surface area contributed by atoms with Crippen LogP contribution in [0.1, 0.15) is 12.0 Å². The number of hydrogen-bond donors (Lipinski definition) is 1. The van der Waals surface area contributed by atoms with Crippen LogP contribution in [0.3, 0.4) is 0 Å². The quantitative estimate of drug-likeness (QED) is 0.728. The summed E-state index contributed by atoms with van der Waals surface area (Å²) in [6, 6.07) is 3.77.